The third kappa shape index (κ3) is 6.23. The molecule has 2 rings (SSSR count). The van der Waals surface area contributed by atoms with Crippen LogP contribution in [0.4, 0.5) is 11.5 Å². The SMILES string of the molecule is CCOc1ccc(Nc2ncccc2C(=O)NCCN)cc1.Cl.Cl. The van der Waals surface area contributed by atoms with Gasteiger partial charge < -0.3 is 21.1 Å². The van der Waals surface area contributed by atoms with Gasteiger partial charge >= 0.3 is 0 Å². The Hall–Kier alpha value is -2.02. The number of aromatic nitrogens is 1. The number of carbonyl (C=O) groups is 1. The van der Waals surface area contributed by atoms with Crippen LogP contribution in [0.5, 0.6) is 5.75 Å². The van der Waals surface area contributed by atoms with Crippen molar-refractivity contribution < 1.29 is 9.53 Å². The lowest BCUT2D eigenvalue weighted by Crippen LogP contribution is -2.29. The van der Waals surface area contributed by atoms with Crippen LogP contribution in [-0.4, -0.2) is 30.6 Å². The fourth-order valence-electron chi connectivity index (χ4n) is 1.91. The van der Waals surface area contributed by atoms with Crippen molar-refractivity contribution in [1.29, 1.82) is 0 Å². The molecule has 0 aliphatic rings. The molecule has 24 heavy (non-hydrogen) atoms. The highest BCUT2D eigenvalue weighted by molar-refractivity contribution is 5.99. The summed E-state index contributed by atoms with van der Waals surface area (Å²) in [5.74, 6) is 1.10. The van der Waals surface area contributed by atoms with E-state index in [-0.39, 0.29) is 30.7 Å². The first-order valence-corrected chi connectivity index (χ1v) is 7.17. The van der Waals surface area contributed by atoms with Crippen LogP contribution in [0.25, 0.3) is 0 Å². The van der Waals surface area contributed by atoms with Gasteiger partial charge in [-0.05, 0) is 43.3 Å². The van der Waals surface area contributed by atoms with E-state index >= 15 is 0 Å². The van der Waals surface area contributed by atoms with Crippen molar-refractivity contribution in [3.63, 3.8) is 0 Å². The highest BCUT2D eigenvalue weighted by Gasteiger charge is 2.11. The molecular weight excluding hydrogens is 351 g/mol. The molecule has 0 unspecified atom stereocenters. The van der Waals surface area contributed by atoms with E-state index in [2.05, 4.69) is 15.6 Å². The number of pyridine rings is 1. The molecule has 0 saturated carbocycles. The Labute approximate surface area is 154 Å². The van der Waals surface area contributed by atoms with Crippen LogP contribution in [-0.2, 0) is 0 Å². The highest BCUT2D eigenvalue weighted by Crippen LogP contribution is 2.21. The van der Waals surface area contributed by atoms with Crippen LogP contribution in [0.2, 0.25) is 0 Å². The lowest BCUT2D eigenvalue weighted by atomic mass is 10.2. The van der Waals surface area contributed by atoms with Crippen LogP contribution in [0, 0.1) is 0 Å². The van der Waals surface area contributed by atoms with Crippen molar-refractivity contribution in [2.24, 2.45) is 5.73 Å². The van der Waals surface area contributed by atoms with E-state index in [1.54, 1.807) is 18.3 Å². The number of hydrogen-bond donors (Lipinski definition) is 3. The normalized spacial score (nSPS) is 9.25. The first-order valence-electron chi connectivity index (χ1n) is 7.17. The second-order valence-electron chi connectivity index (χ2n) is 4.53. The van der Waals surface area contributed by atoms with Gasteiger partial charge in [0.15, 0.2) is 0 Å². The summed E-state index contributed by atoms with van der Waals surface area (Å²) >= 11 is 0. The number of nitrogens with zero attached hydrogens (tertiary/aromatic N) is 1. The number of nitrogens with one attached hydrogen (secondary N) is 2. The van der Waals surface area contributed by atoms with Gasteiger partial charge in [0, 0.05) is 25.0 Å². The minimum Gasteiger partial charge on any atom is -0.494 e. The molecule has 0 aliphatic carbocycles. The van der Waals surface area contributed by atoms with Gasteiger partial charge in [-0.3, -0.25) is 4.79 Å². The van der Waals surface area contributed by atoms with Gasteiger partial charge in [-0.15, -0.1) is 24.8 Å². The molecule has 0 saturated heterocycles. The van der Waals surface area contributed by atoms with E-state index in [0.29, 0.717) is 31.1 Å². The zero-order valence-electron chi connectivity index (χ0n) is 13.3. The number of benzene rings is 1. The molecule has 0 aliphatic heterocycles. The third-order valence-corrected chi connectivity index (χ3v) is 2.91. The van der Waals surface area contributed by atoms with Gasteiger partial charge in [-0.25, -0.2) is 4.98 Å². The average molecular weight is 373 g/mol. The van der Waals surface area contributed by atoms with Crippen molar-refractivity contribution in [1.82, 2.24) is 10.3 Å². The van der Waals surface area contributed by atoms with Crippen molar-refractivity contribution in [3.05, 3.63) is 48.2 Å². The Morgan fingerprint density at radius 3 is 2.54 bits per heavy atom. The van der Waals surface area contributed by atoms with Crippen LogP contribution in [0.1, 0.15) is 17.3 Å². The van der Waals surface area contributed by atoms with Gasteiger partial charge in [0.2, 0.25) is 0 Å². The summed E-state index contributed by atoms with van der Waals surface area (Å²) in [5.41, 5.74) is 6.70. The van der Waals surface area contributed by atoms with Crippen LogP contribution in [0.15, 0.2) is 42.6 Å². The molecule has 1 heterocycles. The van der Waals surface area contributed by atoms with E-state index in [1.165, 1.54) is 0 Å². The summed E-state index contributed by atoms with van der Waals surface area (Å²) < 4.78 is 5.40. The van der Waals surface area contributed by atoms with Gasteiger partial charge in [0.1, 0.15) is 11.6 Å². The first-order chi connectivity index (χ1) is 10.7. The number of nitrogens with two attached hydrogens (primary N) is 1. The molecule has 0 bridgehead atoms. The minimum atomic E-state index is -0.202. The zero-order valence-corrected chi connectivity index (χ0v) is 15.0. The van der Waals surface area contributed by atoms with E-state index in [9.17, 15) is 4.79 Å². The molecule has 0 radical (unpaired) electrons. The second kappa shape index (κ2) is 11.5. The molecule has 1 amide bonds. The van der Waals surface area contributed by atoms with Gasteiger partial charge in [0.05, 0.1) is 12.2 Å². The van der Waals surface area contributed by atoms with Crippen molar-refractivity contribution in [2.75, 3.05) is 25.0 Å². The molecule has 4 N–H and O–H groups in total. The summed E-state index contributed by atoms with van der Waals surface area (Å²) in [7, 11) is 0. The Bertz CT molecular complexity index is 624. The zero-order chi connectivity index (χ0) is 15.8. The fourth-order valence-corrected chi connectivity index (χ4v) is 1.91. The predicted octanol–water partition coefficient (Wildman–Crippen LogP) is 2.76. The van der Waals surface area contributed by atoms with E-state index < -0.39 is 0 Å². The fraction of sp³-hybridized carbons (Fsp3) is 0.250. The second-order valence-corrected chi connectivity index (χ2v) is 4.53. The van der Waals surface area contributed by atoms with Crippen LogP contribution < -0.4 is 21.1 Å². The maximum absolute atomic E-state index is 12.1. The standard InChI is InChI=1S/C16H20N4O2.2ClH/c1-2-22-13-7-5-12(6-8-13)20-15-14(4-3-10-18-15)16(21)19-11-9-17;;/h3-8,10H,2,9,11,17H2,1H3,(H,18,20)(H,19,21);2*1H. The molecule has 0 atom stereocenters. The third-order valence-electron chi connectivity index (χ3n) is 2.91. The summed E-state index contributed by atoms with van der Waals surface area (Å²) in [4.78, 5) is 16.3. The Balaban J connectivity index is 0.00000264. The Morgan fingerprint density at radius 2 is 1.92 bits per heavy atom. The van der Waals surface area contributed by atoms with Crippen molar-refractivity contribution >= 4 is 42.2 Å². The summed E-state index contributed by atoms with van der Waals surface area (Å²) in [6.45, 7) is 3.38. The smallest absolute Gasteiger partial charge is 0.255 e. The van der Waals surface area contributed by atoms with Crippen molar-refractivity contribution in [3.8, 4) is 5.75 Å². The first kappa shape index (κ1) is 22.0. The summed E-state index contributed by atoms with van der Waals surface area (Å²) in [5, 5.41) is 5.88. The number of anilines is 2. The Morgan fingerprint density at radius 1 is 1.21 bits per heavy atom. The average Bonchev–Trinajstić information content (AvgIpc) is 2.55. The number of hydrogen-bond acceptors (Lipinski definition) is 5. The van der Waals surface area contributed by atoms with E-state index in [1.807, 2.05) is 31.2 Å². The molecule has 2 aromatic rings. The van der Waals surface area contributed by atoms with E-state index in [4.69, 9.17) is 10.5 Å². The van der Waals surface area contributed by atoms with Gasteiger partial charge in [-0.2, -0.15) is 0 Å². The topological polar surface area (TPSA) is 89.3 Å². The molecule has 8 heteroatoms. The number of ether oxygens (including phenoxy) is 1. The van der Waals surface area contributed by atoms with Gasteiger partial charge in [0.25, 0.3) is 5.91 Å². The predicted molar refractivity (Wildman–Crippen MR) is 101 cm³/mol. The highest BCUT2D eigenvalue weighted by atomic mass is 35.5. The van der Waals surface area contributed by atoms with Crippen LogP contribution in [0.3, 0.4) is 0 Å². The molecule has 0 fully saturated rings. The van der Waals surface area contributed by atoms with Crippen LogP contribution >= 0.6 is 24.8 Å². The monoisotopic (exact) mass is 372 g/mol. The number of carbonyl (C=O) groups excluding carboxylic acids is 1. The Kier molecular flexibility index (Phi) is 10.5. The molecule has 1 aromatic carbocycles. The molecular formula is C16H22Cl2N4O2. The lowest BCUT2D eigenvalue weighted by molar-refractivity contribution is 0.0955. The number of amides is 1. The molecule has 6 nitrogen and oxygen atoms in total. The number of halogens is 2. The lowest BCUT2D eigenvalue weighted by Gasteiger charge is -2.11. The summed E-state index contributed by atoms with van der Waals surface area (Å²) in [6.07, 6.45) is 1.64. The van der Waals surface area contributed by atoms with E-state index in [0.717, 1.165) is 11.4 Å². The minimum absolute atomic E-state index is 0. The maximum Gasteiger partial charge on any atom is 0.255 e. The van der Waals surface area contributed by atoms with Gasteiger partial charge in [-0.1, -0.05) is 0 Å². The molecule has 132 valence electrons. The maximum atomic E-state index is 12.1. The number of rotatable bonds is 7. The molecule has 1 aromatic heterocycles. The quantitative estimate of drug-likeness (QED) is 0.695. The largest absolute Gasteiger partial charge is 0.494 e. The molecule has 0 spiro atoms. The van der Waals surface area contributed by atoms with Crippen molar-refractivity contribution in [2.45, 2.75) is 6.92 Å². The summed E-state index contributed by atoms with van der Waals surface area (Å²) in [6, 6.07) is 10.9.